The van der Waals surface area contributed by atoms with Gasteiger partial charge in [0.1, 0.15) is 11.3 Å². The van der Waals surface area contributed by atoms with Crippen LogP contribution in [0.5, 0.6) is 5.75 Å². The predicted octanol–water partition coefficient (Wildman–Crippen LogP) is 2.00. The van der Waals surface area contributed by atoms with Crippen LogP contribution in [-0.2, 0) is 4.79 Å². The third kappa shape index (κ3) is 4.03. The summed E-state index contributed by atoms with van der Waals surface area (Å²) in [6, 6.07) is 4.72. The predicted molar refractivity (Wildman–Crippen MR) is 69.9 cm³/mol. The van der Waals surface area contributed by atoms with E-state index in [0.717, 1.165) is 0 Å². The average molecular weight is 316 g/mol. The summed E-state index contributed by atoms with van der Waals surface area (Å²) in [6.07, 6.45) is 0.210. The maximum Gasteiger partial charge on any atom is 0.339 e. The first-order valence-corrected chi connectivity index (χ1v) is 6.07. The smallest absolute Gasteiger partial charge is 0.339 e. The van der Waals surface area contributed by atoms with E-state index in [4.69, 9.17) is 9.84 Å². The Balaban J connectivity index is 2.68. The molecule has 0 aromatic heterocycles. The molecule has 0 radical (unpaired) electrons. The number of carbonyl (C=O) groups excluding carboxylic acids is 1. The topological polar surface area (TPSA) is 66.8 Å². The van der Waals surface area contributed by atoms with Gasteiger partial charge in [0.2, 0.25) is 5.91 Å². The maximum absolute atomic E-state index is 11.3. The van der Waals surface area contributed by atoms with Crippen LogP contribution in [-0.4, -0.2) is 42.6 Å². The number of hydrogen-bond donors (Lipinski definition) is 1. The Labute approximate surface area is 113 Å². The molecule has 98 valence electrons. The average Bonchev–Trinajstić information content (AvgIpc) is 2.30. The lowest BCUT2D eigenvalue weighted by atomic mass is 10.2. The van der Waals surface area contributed by atoms with Crippen molar-refractivity contribution in [2.24, 2.45) is 0 Å². The molecule has 1 aromatic rings. The van der Waals surface area contributed by atoms with Crippen molar-refractivity contribution in [3.05, 3.63) is 28.2 Å². The highest BCUT2D eigenvalue weighted by Gasteiger charge is 2.12. The number of rotatable bonds is 5. The van der Waals surface area contributed by atoms with Crippen molar-refractivity contribution >= 4 is 27.8 Å². The number of halogens is 1. The van der Waals surface area contributed by atoms with Crippen LogP contribution in [0.1, 0.15) is 16.8 Å². The molecule has 0 unspecified atom stereocenters. The largest absolute Gasteiger partial charge is 0.492 e. The first kappa shape index (κ1) is 14.5. The molecule has 18 heavy (non-hydrogen) atoms. The standard InChI is InChI=1S/C12H14BrNO4/c1-14(2)11(15)5-6-18-10-4-3-8(13)7-9(10)12(16)17/h3-4,7H,5-6H2,1-2H3,(H,16,17). The van der Waals surface area contributed by atoms with E-state index in [1.807, 2.05) is 0 Å². The Kier molecular flexibility index (Phi) is 5.15. The van der Waals surface area contributed by atoms with Crippen molar-refractivity contribution in [1.29, 1.82) is 0 Å². The summed E-state index contributed by atoms with van der Waals surface area (Å²) < 4.78 is 5.99. The zero-order valence-corrected chi connectivity index (χ0v) is 11.7. The lowest BCUT2D eigenvalue weighted by Crippen LogP contribution is -2.23. The highest BCUT2D eigenvalue weighted by Crippen LogP contribution is 2.23. The molecule has 0 aliphatic rings. The summed E-state index contributed by atoms with van der Waals surface area (Å²) in [5.41, 5.74) is 0.0710. The number of benzene rings is 1. The number of ether oxygens (including phenoxy) is 1. The van der Waals surface area contributed by atoms with Crippen molar-refractivity contribution in [2.45, 2.75) is 6.42 Å². The third-order valence-corrected chi connectivity index (χ3v) is 2.74. The van der Waals surface area contributed by atoms with E-state index in [0.29, 0.717) is 4.47 Å². The second-order valence-corrected chi connectivity index (χ2v) is 4.75. The molecular formula is C12H14BrNO4. The van der Waals surface area contributed by atoms with E-state index in [-0.39, 0.29) is 30.2 Å². The number of hydrogen-bond acceptors (Lipinski definition) is 3. The van der Waals surface area contributed by atoms with Gasteiger partial charge in [0.05, 0.1) is 13.0 Å². The second-order valence-electron chi connectivity index (χ2n) is 3.83. The normalized spacial score (nSPS) is 9.94. The summed E-state index contributed by atoms with van der Waals surface area (Å²) in [4.78, 5) is 23.8. The van der Waals surface area contributed by atoms with Gasteiger partial charge in [-0.05, 0) is 18.2 Å². The highest BCUT2D eigenvalue weighted by molar-refractivity contribution is 9.10. The molecule has 1 amide bonds. The van der Waals surface area contributed by atoms with Gasteiger partial charge in [-0.15, -0.1) is 0 Å². The molecular weight excluding hydrogens is 302 g/mol. The minimum atomic E-state index is -1.06. The zero-order chi connectivity index (χ0) is 13.7. The first-order valence-electron chi connectivity index (χ1n) is 5.27. The van der Waals surface area contributed by atoms with Crippen molar-refractivity contribution < 1.29 is 19.4 Å². The number of carboxylic acid groups (broad SMARTS) is 1. The number of amides is 1. The zero-order valence-electron chi connectivity index (χ0n) is 10.1. The number of aromatic carboxylic acids is 1. The van der Waals surface area contributed by atoms with Crippen LogP contribution >= 0.6 is 15.9 Å². The van der Waals surface area contributed by atoms with Crippen LogP contribution in [0.2, 0.25) is 0 Å². The van der Waals surface area contributed by atoms with Crippen molar-refractivity contribution in [3.8, 4) is 5.75 Å². The van der Waals surface area contributed by atoms with Crippen LogP contribution in [0.3, 0.4) is 0 Å². The van der Waals surface area contributed by atoms with Crippen molar-refractivity contribution in [1.82, 2.24) is 4.90 Å². The van der Waals surface area contributed by atoms with Gasteiger partial charge < -0.3 is 14.7 Å². The molecule has 0 heterocycles. The number of carbonyl (C=O) groups is 2. The van der Waals surface area contributed by atoms with Gasteiger partial charge in [0.25, 0.3) is 0 Å². The van der Waals surface area contributed by atoms with Gasteiger partial charge in [0.15, 0.2) is 0 Å². The quantitative estimate of drug-likeness (QED) is 0.902. The molecule has 0 aliphatic heterocycles. The summed E-state index contributed by atoms with van der Waals surface area (Å²) in [5, 5.41) is 9.01. The molecule has 1 rings (SSSR count). The molecule has 1 N–H and O–H groups in total. The monoisotopic (exact) mass is 315 g/mol. The Morgan fingerprint density at radius 3 is 2.61 bits per heavy atom. The summed E-state index contributed by atoms with van der Waals surface area (Å²) in [6.45, 7) is 0.152. The fraction of sp³-hybridized carbons (Fsp3) is 0.333. The third-order valence-electron chi connectivity index (χ3n) is 2.24. The van der Waals surface area contributed by atoms with Gasteiger partial charge in [0, 0.05) is 18.6 Å². The van der Waals surface area contributed by atoms with Crippen molar-refractivity contribution in [2.75, 3.05) is 20.7 Å². The van der Waals surface area contributed by atoms with Gasteiger partial charge in [-0.2, -0.15) is 0 Å². The maximum atomic E-state index is 11.3. The lowest BCUT2D eigenvalue weighted by molar-refractivity contribution is -0.129. The van der Waals surface area contributed by atoms with E-state index < -0.39 is 5.97 Å². The molecule has 0 spiro atoms. The fourth-order valence-electron chi connectivity index (χ4n) is 1.27. The Morgan fingerprint density at radius 1 is 1.39 bits per heavy atom. The van der Waals surface area contributed by atoms with Gasteiger partial charge in [-0.3, -0.25) is 4.79 Å². The van der Waals surface area contributed by atoms with E-state index in [1.54, 1.807) is 26.2 Å². The Bertz CT molecular complexity index is 459. The lowest BCUT2D eigenvalue weighted by Gasteiger charge is -2.12. The van der Waals surface area contributed by atoms with E-state index >= 15 is 0 Å². The summed E-state index contributed by atoms with van der Waals surface area (Å²) in [7, 11) is 3.31. The summed E-state index contributed by atoms with van der Waals surface area (Å²) in [5.74, 6) is -0.869. The van der Waals surface area contributed by atoms with Crippen LogP contribution in [0.25, 0.3) is 0 Å². The van der Waals surface area contributed by atoms with Gasteiger partial charge in [-0.25, -0.2) is 4.79 Å². The summed E-state index contributed by atoms with van der Waals surface area (Å²) >= 11 is 3.20. The minimum Gasteiger partial charge on any atom is -0.492 e. The van der Waals surface area contributed by atoms with Crippen LogP contribution < -0.4 is 4.74 Å². The molecule has 5 nitrogen and oxygen atoms in total. The van der Waals surface area contributed by atoms with E-state index in [9.17, 15) is 9.59 Å². The molecule has 0 saturated carbocycles. The molecule has 0 bridgehead atoms. The molecule has 1 aromatic carbocycles. The number of nitrogens with zero attached hydrogens (tertiary/aromatic N) is 1. The Hall–Kier alpha value is -1.56. The molecule has 0 aliphatic carbocycles. The Morgan fingerprint density at radius 2 is 2.06 bits per heavy atom. The molecule has 0 atom stereocenters. The first-order chi connectivity index (χ1) is 8.41. The van der Waals surface area contributed by atoms with Crippen molar-refractivity contribution in [3.63, 3.8) is 0 Å². The molecule has 0 fully saturated rings. The van der Waals surface area contributed by atoms with E-state index in [1.165, 1.54) is 11.0 Å². The van der Waals surface area contributed by atoms with Crippen LogP contribution in [0, 0.1) is 0 Å². The fourth-order valence-corrected chi connectivity index (χ4v) is 1.63. The number of carboxylic acids is 1. The van der Waals surface area contributed by atoms with Crippen LogP contribution in [0.4, 0.5) is 0 Å². The highest BCUT2D eigenvalue weighted by atomic mass is 79.9. The van der Waals surface area contributed by atoms with Gasteiger partial charge in [-0.1, -0.05) is 15.9 Å². The van der Waals surface area contributed by atoms with Crippen LogP contribution in [0.15, 0.2) is 22.7 Å². The molecule has 6 heteroatoms. The molecule has 0 saturated heterocycles. The SMILES string of the molecule is CN(C)C(=O)CCOc1ccc(Br)cc1C(=O)O. The van der Waals surface area contributed by atoms with E-state index in [2.05, 4.69) is 15.9 Å². The second kappa shape index (κ2) is 6.39. The minimum absolute atomic E-state index is 0.0658. The van der Waals surface area contributed by atoms with Gasteiger partial charge >= 0.3 is 5.97 Å².